The topological polar surface area (TPSA) is 52.6 Å². The first kappa shape index (κ1) is 9.92. The van der Waals surface area contributed by atoms with Crippen LogP contribution >= 0.6 is 11.6 Å². The lowest BCUT2D eigenvalue weighted by atomic mass is 10.2. The number of para-hydroxylation sites is 1. The van der Waals surface area contributed by atoms with Crippen molar-refractivity contribution in [3.05, 3.63) is 28.8 Å². The maximum atomic E-state index is 10.6. The van der Waals surface area contributed by atoms with Crippen LogP contribution in [0.3, 0.4) is 0 Å². The molecule has 0 fully saturated rings. The smallest absolute Gasteiger partial charge is 0.250 e. The number of fused-ring (bicyclic) bond motifs is 1. The minimum Gasteiger partial charge on any atom is -0.293 e. The molecule has 0 saturated carbocycles. The summed E-state index contributed by atoms with van der Waals surface area (Å²) in [5.41, 5.74) is 1.90. The molecule has 0 radical (unpaired) electrons. The molecule has 0 aromatic heterocycles. The number of hydrogen-bond acceptors (Lipinski definition) is 2. The summed E-state index contributed by atoms with van der Waals surface area (Å²) < 4.78 is 19.3. The first-order chi connectivity index (χ1) is 6.68. The predicted octanol–water partition coefficient (Wildman–Crippen LogP) is 1.34. The van der Waals surface area contributed by atoms with E-state index in [9.17, 15) is 4.21 Å². The van der Waals surface area contributed by atoms with Crippen molar-refractivity contribution < 1.29 is 8.76 Å². The zero-order valence-electron chi connectivity index (χ0n) is 7.24. The highest BCUT2D eigenvalue weighted by molar-refractivity contribution is 7.77. The lowest BCUT2D eigenvalue weighted by molar-refractivity contribution is 0.545. The third kappa shape index (κ3) is 1.76. The van der Waals surface area contributed by atoms with Crippen molar-refractivity contribution in [2.75, 3.05) is 11.6 Å². The van der Waals surface area contributed by atoms with Crippen LogP contribution in [0.4, 0.5) is 5.69 Å². The third-order valence-corrected chi connectivity index (χ3v) is 2.81. The molecular weight excluding hydrogens is 224 g/mol. The minimum atomic E-state index is -2.05. The minimum absolute atomic E-state index is 0.595. The molecule has 1 aliphatic rings. The number of nitrogens with zero attached hydrogens (tertiary/aromatic N) is 1. The van der Waals surface area contributed by atoms with Crippen molar-refractivity contribution >= 4 is 28.6 Å². The number of anilines is 1. The van der Waals surface area contributed by atoms with Crippen molar-refractivity contribution in [3.63, 3.8) is 0 Å². The van der Waals surface area contributed by atoms with Crippen LogP contribution in [0.5, 0.6) is 0 Å². The van der Waals surface area contributed by atoms with Gasteiger partial charge in [-0.05, 0) is 18.1 Å². The maximum Gasteiger partial charge on any atom is 0.250 e. The second kappa shape index (κ2) is 3.86. The quantitative estimate of drug-likeness (QED) is 0.757. The predicted molar refractivity (Wildman–Crippen MR) is 56.4 cm³/mol. The molecule has 4 nitrogen and oxygen atoms in total. The monoisotopic (exact) mass is 232 g/mol. The van der Waals surface area contributed by atoms with Crippen LogP contribution in [0.2, 0.25) is 5.02 Å². The Kier molecular flexibility index (Phi) is 2.73. The Labute approximate surface area is 89.3 Å². The summed E-state index contributed by atoms with van der Waals surface area (Å²) in [7, 11) is 0. The van der Waals surface area contributed by atoms with Gasteiger partial charge in [0, 0.05) is 6.54 Å². The van der Waals surface area contributed by atoms with Crippen molar-refractivity contribution in [1.82, 2.24) is 4.83 Å². The van der Waals surface area contributed by atoms with Gasteiger partial charge in [0.1, 0.15) is 0 Å². The highest BCUT2D eigenvalue weighted by Gasteiger charge is 2.22. The molecule has 0 aliphatic carbocycles. The first-order valence-electron chi connectivity index (χ1n) is 4.10. The molecule has 76 valence electrons. The number of hydrazine groups is 1. The van der Waals surface area contributed by atoms with Crippen LogP contribution < -0.4 is 9.84 Å². The van der Waals surface area contributed by atoms with Crippen LogP contribution in [-0.4, -0.2) is 15.3 Å². The van der Waals surface area contributed by atoms with Crippen molar-refractivity contribution in [2.24, 2.45) is 0 Å². The summed E-state index contributed by atoms with van der Waals surface area (Å²) in [5.74, 6) is 0. The zero-order chi connectivity index (χ0) is 10.1. The summed E-state index contributed by atoms with van der Waals surface area (Å²) in [4.78, 5) is 2.42. The number of benzene rings is 1. The molecule has 6 heteroatoms. The molecule has 0 spiro atoms. The van der Waals surface area contributed by atoms with E-state index in [0.29, 0.717) is 11.6 Å². The lowest BCUT2D eigenvalue weighted by Crippen LogP contribution is -2.37. The largest absolute Gasteiger partial charge is 0.293 e. The molecule has 1 unspecified atom stereocenters. The van der Waals surface area contributed by atoms with Crippen LogP contribution in [0, 0.1) is 0 Å². The normalized spacial score (nSPS) is 16.9. The van der Waals surface area contributed by atoms with E-state index in [4.69, 9.17) is 16.2 Å². The van der Waals surface area contributed by atoms with Gasteiger partial charge in [0.25, 0.3) is 11.3 Å². The average Bonchev–Trinajstić information content (AvgIpc) is 2.49. The number of nitrogens with one attached hydrogen (secondary N) is 1. The fourth-order valence-corrected chi connectivity index (χ4v) is 2.26. The summed E-state index contributed by atoms with van der Waals surface area (Å²) >= 11 is 3.93. The van der Waals surface area contributed by atoms with E-state index in [0.717, 1.165) is 17.7 Å². The second-order valence-corrected chi connectivity index (χ2v) is 4.08. The Balaban J connectivity index is 2.33. The molecule has 0 saturated heterocycles. The van der Waals surface area contributed by atoms with Crippen LogP contribution in [0.1, 0.15) is 5.56 Å². The van der Waals surface area contributed by atoms with E-state index in [-0.39, 0.29) is 0 Å². The van der Waals surface area contributed by atoms with E-state index in [1.807, 2.05) is 12.1 Å². The Morgan fingerprint density at radius 2 is 2.36 bits per heavy atom. The van der Waals surface area contributed by atoms with Gasteiger partial charge in [-0.3, -0.25) is 9.56 Å². The lowest BCUT2D eigenvalue weighted by Gasteiger charge is -2.18. The van der Waals surface area contributed by atoms with E-state index < -0.39 is 11.3 Å². The molecule has 1 atom stereocenters. The summed E-state index contributed by atoms with van der Waals surface area (Å²) in [5, 5.41) is 2.20. The molecule has 0 amide bonds. The van der Waals surface area contributed by atoms with E-state index in [1.54, 1.807) is 11.1 Å². The molecule has 1 heterocycles. The van der Waals surface area contributed by atoms with Gasteiger partial charge in [-0.25, -0.2) is 4.21 Å². The Hall–Kier alpha value is -0.620. The van der Waals surface area contributed by atoms with Gasteiger partial charge in [-0.2, -0.15) is 0 Å². The maximum absolute atomic E-state index is 10.6. The molecule has 1 aliphatic heterocycles. The summed E-state index contributed by atoms with van der Waals surface area (Å²) in [6.45, 7) is 0.658. The van der Waals surface area contributed by atoms with Gasteiger partial charge < -0.3 is 0 Å². The van der Waals surface area contributed by atoms with Crippen molar-refractivity contribution in [3.8, 4) is 0 Å². The van der Waals surface area contributed by atoms with Gasteiger partial charge in [0.15, 0.2) is 0 Å². The van der Waals surface area contributed by atoms with Gasteiger partial charge in [0.2, 0.25) is 0 Å². The third-order valence-electron chi connectivity index (χ3n) is 2.13. The van der Waals surface area contributed by atoms with Crippen LogP contribution in [-0.2, 0) is 17.7 Å². The molecule has 1 aromatic carbocycles. The van der Waals surface area contributed by atoms with Crippen molar-refractivity contribution in [1.29, 1.82) is 0 Å². The van der Waals surface area contributed by atoms with Gasteiger partial charge in [-0.1, -0.05) is 23.7 Å². The Bertz CT molecular complexity index is 386. The van der Waals surface area contributed by atoms with Crippen molar-refractivity contribution in [2.45, 2.75) is 6.42 Å². The van der Waals surface area contributed by atoms with Crippen LogP contribution in [0.25, 0.3) is 0 Å². The van der Waals surface area contributed by atoms with E-state index in [1.165, 1.54) is 0 Å². The SMILES string of the molecule is O=S(O)NN1CCc2cccc(Cl)c21. The number of halogens is 1. The molecular formula is C8H9ClN2O2S. The highest BCUT2D eigenvalue weighted by Crippen LogP contribution is 2.33. The fourth-order valence-electron chi connectivity index (χ4n) is 1.59. The standard InChI is InChI=1S/C8H9ClN2O2S/c9-7-3-1-2-6-4-5-11(8(6)7)10-14(12)13/h1-3,10H,4-5H2,(H,12,13). The fraction of sp³-hybridized carbons (Fsp3) is 0.250. The molecule has 2 N–H and O–H groups in total. The first-order valence-corrected chi connectivity index (χ1v) is 5.59. The van der Waals surface area contributed by atoms with Crippen LogP contribution in [0.15, 0.2) is 18.2 Å². The molecule has 2 rings (SSSR count). The van der Waals surface area contributed by atoms with E-state index >= 15 is 0 Å². The molecule has 1 aromatic rings. The zero-order valence-corrected chi connectivity index (χ0v) is 8.81. The number of hydrogen-bond donors (Lipinski definition) is 2. The van der Waals surface area contributed by atoms with Gasteiger partial charge in [-0.15, -0.1) is 4.83 Å². The average molecular weight is 233 g/mol. The highest BCUT2D eigenvalue weighted by atomic mass is 35.5. The summed E-state index contributed by atoms with van der Waals surface area (Å²) in [6.07, 6.45) is 0.833. The van der Waals surface area contributed by atoms with E-state index in [2.05, 4.69) is 4.83 Å². The number of rotatable bonds is 2. The summed E-state index contributed by atoms with van der Waals surface area (Å²) in [6, 6.07) is 5.60. The Morgan fingerprint density at radius 3 is 3.07 bits per heavy atom. The second-order valence-electron chi connectivity index (χ2n) is 2.99. The van der Waals surface area contributed by atoms with Gasteiger partial charge in [0.05, 0.1) is 10.7 Å². The molecule has 0 bridgehead atoms. The van der Waals surface area contributed by atoms with Gasteiger partial charge >= 0.3 is 0 Å². The Morgan fingerprint density at radius 1 is 1.57 bits per heavy atom. The molecule has 14 heavy (non-hydrogen) atoms.